The Hall–Kier alpha value is -2.47. The van der Waals surface area contributed by atoms with Crippen LogP contribution in [0.4, 0.5) is 0 Å². The van der Waals surface area contributed by atoms with E-state index in [4.69, 9.17) is 9.88 Å². The lowest BCUT2D eigenvalue weighted by atomic mass is 9.96. The van der Waals surface area contributed by atoms with Crippen LogP contribution in [0.1, 0.15) is 37.7 Å². The SMILES string of the molecule is NS(=O)(=O)c1ccc(CNC(=O)COc2ccc(S(=O)(=O)NC3CCCCC3)cc2)cc1. The molecule has 1 aliphatic carbocycles. The van der Waals surface area contributed by atoms with Gasteiger partial charge in [-0.3, -0.25) is 4.79 Å². The summed E-state index contributed by atoms with van der Waals surface area (Å²) < 4.78 is 55.7. The molecule has 0 heterocycles. The highest BCUT2D eigenvalue weighted by Crippen LogP contribution is 2.21. The fourth-order valence-corrected chi connectivity index (χ4v) is 5.24. The molecule has 1 saturated carbocycles. The van der Waals surface area contributed by atoms with E-state index >= 15 is 0 Å². The standard InChI is InChI=1S/C21H27N3O6S2/c22-31(26,27)19-10-6-16(7-11-19)14-23-21(25)15-30-18-8-12-20(13-9-18)32(28,29)24-17-4-2-1-3-5-17/h6-13,17,24H,1-5,14-15H2,(H,23,25)(H2,22,26,27). The Kier molecular flexibility index (Phi) is 7.88. The second kappa shape index (κ2) is 10.4. The number of amides is 1. The van der Waals surface area contributed by atoms with Gasteiger partial charge in [0.1, 0.15) is 5.75 Å². The van der Waals surface area contributed by atoms with Crippen LogP contribution in [0.2, 0.25) is 0 Å². The highest BCUT2D eigenvalue weighted by atomic mass is 32.2. The van der Waals surface area contributed by atoms with Crippen molar-refractivity contribution in [3.8, 4) is 5.75 Å². The third-order valence-corrected chi connectivity index (χ3v) is 7.64. The smallest absolute Gasteiger partial charge is 0.258 e. The van der Waals surface area contributed by atoms with E-state index in [1.165, 1.54) is 36.4 Å². The highest BCUT2D eigenvalue weighted by molar-refractivity contribution is 7.89. The number of benzene rings is 2. The first-order valence-corrected chi connectivity index (χ1v) is 13.3. The quantitative estimate of drug-likeness (QED) is 0.496. The molecular formula is C21H27N3O6S2. The number of hydrogen-bond donors (Lipinski definition) is 3. The molecule has 0 saturated heterocycles. The molecule has 32 heavy (non-hydrogen) atoms. The van der Waals surface area contributed by atoms with Crippen molar-refractivity contribution in [1.29, 1.82) is 0 Å². The minimum absolute atomic E-state index is 0.00434. The minimum atomic E-state index is -3.76. The van der Waals surface area contributed by atoms with Crippen LogP contribution in [0, 0.1) is 0 Å². The van der Waals surface area contributed by atoms with Crippen LogP contribution < -0.4 is 19.9 Å². The van der Waals surface area contributed by atoms with Crippen molar-refractivity contribution in [3.63, 3.8) is 0 Å². The van der Waals surface area contributed by atoms with Gasteiger partial charge in [0.15, 0.2) is 6.61 Å². The van der Waals surface area contributed by atoms with Gasteiger partial charge in [0.2, 0.25) is 20.0 Å². The lowest BCUT2D eigenvalue weighted by Crippen LogP contribution is -2.36. The molecule has 0 aliphatic heterocycles. The van der Waals surface area contributed by atoms with E-state index in [9.17, 15) is 21.6 Å². The van der Waals surface area contributed by atoms with E-state index in [0.717, 1.165) is 32.1 Å². The van der Waals surface area contributed by atoms with Crippen molar-refractivity contribution in [3.05, 3.63) is 54.1 Å². The largest absolute Gasteiger partial charge is 0.484 e. The normalized spacial score (nSPS) is 15.3. The summed E-state index contributed by atoms with van der Waals surface area (Å²) in [7, 11) is -7.35. The van der Waals surface area contributed by atoms with Crippen LogP contribution in [-0.2, 0) is 31.4 Å². The Labute approximate surface area is 188 Å². The van der Waals surface area contributed by atoms with E-state index < -0.39 is 20.0 Å². The molecule has 174 valence electrons. The molecule has 0 atom stereocenters. The summed E-state index contributed by atoms with van der Waals surface area (Å²) in [5.74, 6) is -0.00884. The zero-order chi connectivity index (χ0) is 23.2. The molecule has 0 spiro atoms. The number of primary sulfonamides is 1. The lowest BCUT2D eigenvalue weighted by Gasteiger charge is -2.22. The molecule has 0 unspecified atom stereocenters. The number of sulfonamides is 2. The number of nitrogens with one attached hydrogen (secondary N) is 2. The second-order valence-corrected chi connectivity index (χ2v) is 11.0. The molecule has 3 rings (SSSR count). The summed E-state index contributed by atoms with van der Waals surface area (Å²) in [6.45, 7) is -0.0568. The first-order chi connectivity index (χ1) is 15.1. The number of nitrogens with two attached hydrogens (primary N) is 1. The Morgan fingerprint density at radius 2 is 1.50 bits per heavy atom. The maximum Gasteiger partial charge on any atom is 0.258 e. The molecule has 2 aromatic rings. The number of carbonyl (C=O) groups is 1. The molecule has 1 fully saturated rings. The number of ether oxygens (including phenoxy) is 1. The summed E-state index contributed by atoms with van der Waals surface area (Å²) in [5, 5.41) is 7.71. The number of hydrogen-bond acceptors (Lipinski definition) is 6. The van der Waals surface area contributed by atoms with Gasteiger partial charge in [-0.25, -0.2) is 26.7 Å². The summed E-state index contributed by atoms with van der Waals surface area (Å²) >= 11 is 0. The molecular weight excluding hydrogens is 454 g/mol. The molecule has 9 nitrogen and oxygen atoms in total. The van der Waals surface area contributed by atoms with Crippen LogP contribution in [0.15, 0.2) is 58.3 Å². The molecule has 11 heteroatoms. The van der Waals surface area contributed by atoms with Gasteiger partial charge >= 0.3 is 0 Å². The fraction of sp³-hybridized carbons (Fsp3) is 0.381. The third-order valence-electron chi connectivity index (χ3n) is 5.17. The first-order valence-electron chi connectivity index (χ1n) is 10.3. The third kappa shape index (κ3) is 7.02. The maximum atomic E-state index is 12.5. The molecule has 1 aliphatic rings. The van der Waals surface area contributed by atoms with Crippen molar-refractivity contribution >= 4 is 26.0 Å². The van der Waals surface area contributed by atoms with Gasteiger partial charge in [-0.05, 0) is 54.8 Å². The molecule has 0 radical (unpaired) electrons. The van der Waals surface area contributed by atoms with Crippen molar-refractivity contribution in [1.82, 2.24) is 10.0 Å². The van der Waals surface area contributed by atoms with Crippen molar-refractivity contribution in [2.45, 2.75) is 54.5 Å². The van der Waals surface area contributed by atoms with Crippen LogP contribution in [-0.4, -0.2) is 35.4 Å². The van der Waals surface area contributed by atoms with Crippen molar-refractivity contribution in [2.24, 2.45) is 5.14 Å². The summed E-state index contributed by atoms with van der Waals surface area (Å²) in [6.07, 6.45) is 4.91. The van der Waals surface area contributed by atoms with E-state index in [1.807, 2.05) is 0 Å². The molecule has 2 aromatic carbocycles. The number of carbonyl (C=O) groups excluding carboxylic acids is 1. The van der Waals surface area contributed by atoms with Crippen LogP contribution in [0.25, 0.3) is 0 Å². The van der Waals surface area contributed by atoms with Gasteiger partial charge in [0.25, 0.3) is 5.91 Å². The van der Waals surface area contributed by atoms with Crippen LogP contribution in [0.5, 0.6) is 5.75 Å². The molecule has 1 amide bonds. The predicted octanol–water partition coefficient (Wildman–Crippen LogP) is 1.64. The topological polar surface area (TPSA) is 145 Å². The van der Waals surface area contributed by atoms with Gasteiger partial charge in [-0.15, -0.1) is 0 Å². The van der Waals surface area contributed by atoms with Crippen LogP contribution >= 0.6 is 0 Å². The van der Waals surface area contributed by atoms with Gasteiger partial charge in [0.05, 0.1) is 9.79 Å². The number of rotatable bonds is 9. The monoisotopic (exact) mass is 481 g/mol. The lowest BCUT2D eigenvalue weighted by molar-refractivity contribution is -0.123. The van der Waals surface area contributed by atoms with Crippen LogP contribution in [0.3, 0.4) is 0 Å². The Bertz CT molecular complexity index is 1130. The summed E-state index contributed by atoms with van der Waals surface area (Å²) in [6, 6.07) is 11.7. The first kappa shape index (κ1) is 24.2. The van der Waals surface area contributed by atoms with E-state index in [0.29, 0.717) is 11.3 Å². The van der Waals surface area contributed by atoms with Crippen molar-refractivity contribution in [2.75, 3.05) is 6.61 Å². The molecule has 4 N–H and O–H groups in total. The Balaban J connectivity index is 1.46. The highest BCUT2D eigenvalue weighted by Gasteiger charge is 2.21. The minimum Gasteiger partial charge on any atom is -0.484 e. The average Bonchev–Trinajstić information content (AvgIpc) is 2.76. The molecule has 0 bridgehead atoms. The van der Waals surface area contributed by atoms with E-state index in [1.54, 1.807) is 12.1 Å². The van der Waals surface area contributed by atoms with Gasteiger partial charge < -0.3 is 10.1 Å². The van der Waals surface area contributed by atoms with Gasteiger partial charge in [0, 0.05) is 12.6 Å². The molecule has 0 aromatic heterocycles. The van der Waals surface area contributed by atoms with Gasteiger partial charge in [-0.2, -0.15) is 0 Å². The Morgan fingerprint density at radius 1 is 0.906 bits per heavy atom. The second-order valence-electron chi connectivity index (χ2n) is 7.68. The summed E-state index contributed by atoms with van der Waals surface area (Å²) in [5.41, 5.74) is 0.700. The Morgan fingerprint density at radius 3 is 2.09 bits per heavy atom. The predicted molar refractivity (Wildman–Crippen MR) is 119 cm³/mol. The maximum absolute atomic E-state index is 12.5. The van der Waals surface area contributed by atoms with Gasteiger partial charge in [-0.1, -0.05) is 31.4 Å². The fourth-order valence-electron chi connectivity index (χ4n) is 3.42. The zero-order valence-electron chi connectivity index (χ0n) is 17.5. The van der Waals surface area contributed by atoms with Crippen molar-refractivity contribution < 1.29 is 26.4 Å². The van der Waals surface area contributed by atoms with E-state index in [2.05, 4.69) is 10.0 Å². The summed E-state index contributed by atoms with van der Waals surface area (Å²) in [4.78, 5) is 12.2. The zero-order valence-corrected chi connectivity index (χ0v) is 19.1. The average molecular weight is 482 g/mol. The van der Waals surface area contributed by atoms with E-state index in [-0.39, 0.29) is 34.9 Å².